The van der Waals surface area contributed by atoms with Gasteiger partial charge in [-0.2, -0.15) is 0 Å². The molecule has 6 heteroatoms. The molecule has 0 bridgehead atoms. The van der Waals surface area contributed by atoms with Gasteiger partial charge in [-0.1, -0.05) is 25.7 Å². The number of halogens is 1. The fraction of sp³-hybridized carbons (Fsp3) is 0.882. The Bertz CT molecular complexity index is 386. The molecule has 0 aromatic heterocycles. The number of rotatable bonds is 6. The van der Waals surface area contributed by atoms with Gasteiger partial charge in [0.1, 0.15) is 6.04 Å². The maximum Gasteiger partial charge on any atom is 0.242 e. The van der Waals surface area contributed by atoms with Crippen molar-refractivity contribution >= 4 is 24.2 Å². The van der Waals surface area contributed by atoms with Gasteiger partial charge in [0.15, 0.2) is 0 Å². The average Bonchev–Trinajstić information content (AvgIpc) is 2.95. The van der Waals surface area contributed by atoms with E-state index >= 15 is 0 Å². The molecule has 0 aliphatic heterocycles. The summed E-state index contributed by atoms with van der Waals surface area (Å²) >= 11 is 0. The molecule has 4 N–H and O–H groups in total. The van der Waals surface area contributed by atoms with Crippen LogP contribution in [0.1, 0.15) is 64.7 Å². The predicted molar refractivity (Wildman–Crippen MR) is 94.4 cm³/mol. The van der Waals surface area contributed by atoms with Crippen LogP contribution in [0.2, 0.25) is 0 Å². The molecular formula is C17H32ClN3O2. The van der Waals surface area contributed by atoms with Crippen molar-refractivity contribution in [3.63, 3.8) is 0 Å². The van der Waals surface area contributed by atoms with Crippen molar-refractivity contribution in [2.75, 3.05) is 6.54 Å². The van der Waals surface area contributed by atoms with E-state index in [9.17, 15) is 9.59 Å². The van der Waals surface area contributed by atoms with Crippen LogP contribution in [-0.4, -0.2) is 30.4 Å². The smallest absolute Gasteiger partial charge is 0.242 e. The normalized spacial score (nSPS) is 26.2. The van der Waals surface area contributed by atoms with Gasteiger partial charge in [0.05, 0.1) is 0 Å². The molecule has 3 unspecified atom stereocenters. The van der Waals surface area contributed by atoms with E-state index in [0.717, 1.165) is 32.1 Å². The number of amides is 2. The highest BCUT2D eigenvalue weighted by Gasteiger charge is 2.29. The molecule has 2 fully saturated rings. The van der Waals surface area contributed by atoms with E-state index in [4.69, 9.17) is 5.73 Å². The van der Waals surface area contributed by atoms with Gasteiger partial charge < -0.3 is 16.4 Å². The largest absolute Gasteiger partial charge is 0.351 e. The molecule has 23 heavy (non-hydrogen) atoms. The highest BCUT2D eigenvalue weighted by Crippen LogP contribution is 2.26. The highest BCUT2D eigenvalue weighted by molar-refractivity contribution is 5.87. The fourth-order valence-electron chi connectivity index (χ4n) is 3.84. The van der Waals surface area contributed by atoms with Crippen LogP contribution in [-0.2, 0) is 9.59 Å². The van der Waals surface area contributed by atoms with Crippen LogP contribution in [0, 0.1) is 11.8 Å². The van der Waals surface area contributed by atoms with Crippen LogP contribution >= 0.6 is 12.4 Å². The molecule has 0 aromatic rings. The van der Waals surface area contributed by atoms with Gasteiger partial charge in [0.25, 0.3) is 0 Å². The minimum Gasteiger partial charge on any atom is -0.351 e. The van der Waals surface area contributed by atoms with Crippen LogP contribution < -0.4 is 16.4 Å². The molecule has 2 amide bonds. The molecule has 0 saturated heterocycles. The zero-order valence-electron chi connectivity index (χ0n) is 14.2. The first-order valence-corrected chi connectivity index (χ1v) is 8.90. The number of hydrogen-bond acceptors (Lipinski definition) is 3. The summed E-state index contributed by atoms with van der Waals surface area (Å²) in [5.41, 5.74) is 5.74. The average molecular weight is 346 g/mol. The van der Waals surface area contributed by atoms with Gasteiger partial charge >= 0.3 is 0 Å². The Hall–Kier alpha value is -0.810. The summed E-state index contributed by atoms with van der Waals surface area (Å²) in [5.74, 6) is 0.813. The van der Waals surface area contributed by atoms with Gasteiger partial charge in [-0.3, -0.25) is 9.59 Å². The molecule has 0 heterocycles. The predicted octanol–water partition coefficient (Wildman–Crippen LogP) is 2.13. The topological polar surface area (TPSA) is 84.2 Å². The van der Waals surface area contributed by atoms with Crippen LogP contribution in [0.25, 0.3) is 0 Å². The van der Waals surface area contributed by atoms with Crippen molar-refractivity contribution in [2.24, 2.45) is 17.6 Å². The second kappa shape index (κ2) is 10.1. The van der Waals surface area contributed by atoms with Gasteiger partial charge in [-0.25, -0.2) is 0 Å². The van der Waals surface area contributed by atoms with E-state index in [2.05, 4.69) is 10.6 Å². The first kappa shape index (κ1) is 20.2. The lowest BCUT2D eigenvalue weighted by molar-refractivity contribution is -0.129. The summed E-state index contributed by atoms with van der Waals surface area (Å²) in [5, 5.41) is 5.91. The quantitative estimate of drug-likeness (QED) is 0.689. The van der Waals surface area contributed by atoms with Crippen molar-refractivity contribution in [3.05, 3.63) is 0 Å². The van der Waals surface area contributed by atoms with Crippen LogP contribution in [0.15, 0.2) is 0 Å². The summed E-state index contributed by atoms with van der Waals surface area (Å²) in [6.07, 6.45) is 9.82. The van der Waals surface area contributed by atoms with E-state index in [1.54, 1.807) is 6.92 Å². The SMILES string of the molecule is CC(NC(=O)CC1CCCCC1)C(=O)NC1CCCC1CN.Cl. The minimum absolute atomic E-state index is 0. The highest BCUT2D eigenvalue weighted by atomic mass is 35.5. The van der Waals surface area contributed by atoms with Gasteiger partial charge in [0, 0.05) is 12.5 Å². The van der Waals surface area contributed by atoms with Gasteiger partial charge in [-0.15, -0.1) is 12.4 Å². The first-order valence-electron chi connectivity index (χ1n) is 8.90. The molecule has 2 aliphatic carbocycles. The molecule has 5 nitrogen and oxygen atoms in total. The third-order valence-corrected chi connectivity index (χ3v) is 5.26. The standard InChI is InChI=1S/C17H31N3O2.ClH/c1-12(17(22)20-15-9-5-8-14(15)11-18)19-16(21)10-13-6-3-2-4-7-13;/h12-15H,2-11,18H2,1H3,(H,19,21)(H,20,22);1H. The zero-order valence-corrected chi connectivity index (χ0v) is 15.0. The second-order valence-electron chi connectivity index (χ2n) is 7.04. The summed E-state index contributed by atoms with van der Waals surface area (Å²) in [6.45, 7) is 2.38. The zero-order chi connectivity index (χ0) is 15.9. The molecule has 134 valence electrons. The molecule has 0 radical (unpaired) electrons. The molecule has 0 aromatic carbocycles. The number of carbonyl (C=O) groups excluding carboxylic acids is 2. The molecule has 2 rings (SSSR count). The van der Waals surface area contributed by atoms with E-state index in [1.165, 1.54) is 19.3 Å². The molecule has 2 saturated carbocycles. The Kier molecular flexibility index (Phi) is 8.92. The Morgan fingerprint density at radius 2 is 1.78 bits per heavy atom. The lowest BCUT2D eigenvalue weighted by Crippen LogP contribution is -2.49. The van der Waals surface area contributed by atoms with E-state index in [1.807, 2.05) is 0 Å². The van der Waals surface area contributed by atoms with Crippen LogP contribution in [0.4, 0.5) is 0 Å². The fourth-order valence-corrected chi connectivity index (χ4v) is 3.84. The monoisotopic (exact) mass is 345 g/mol. The Labute approximate surface area is 145 Å². The molecular weight excluding hydrogens is 314 g/mol. The lowest BCUT2D eigenvalue weighted by atomic mass is 9.87. The van der Waals surface area contributed by atoms with Gasteiger partial charge in [0.2, 0.25) is 11.8 Å². The molecule has 0 spiro atoms. The van der Waals surface area contributed by atoms with Crippen molar-refractivity contribution < 1.29 is 9.59 Å². The Balaban J connectivity index is 0.00000264. The third kappa shape index (κ3) is 6.30. The lowest BCUT2D eigenvalue weighted by Gasteiger charge is -2.24. The minimum atomic E-state index is -0.463. The number of carbonyl (C=O) groups is 2. The summed E-state index contributed by atoms with van der Waals surface area (Å²) < 4.78 is 0. The summed E-state index contributed by atoms with van der Waals surface area (Å²) in [4.78, 5) is 24.3. The number of nitrogens with two attached hydrogens (primary N) is 1. The van der Waals surface area contributed by atoms with Crippen LogP contribution in [0.3, 0.4) is 0 Å². The molecule has 2 aliphatic rings. The second-order valence-corrected chi connectivity index (χ2v) is 7.04. The van der Waals surface area contributed by atoms with Crippen molar-refractivity contribution in [3.8, 4) is 0 Å². The number of nitrogens with one attached hydrogen (secondary N) is 2. The third-order valence-electron chi connectivity index (χ3n) is 5.26. The van der Waals surface area contributed by atoms with Crippen molar-refractivity contribution in [2.45, 2.75) is 76.8 Å². The van der Waals surface area contributed by atoms with Crippen molar-refractivity contribution in [1.29, 1.82) is 0 Å². The van der Waals surface area contributed by atoms with Crippen molar-refractivity contribution in [1.82, 2.24) is 10.6 Å². The molecule has 3 atom stereocenters. The van der Waals surface area contributed by atoms with Gasteiger partial charge in [-0.05, 0) is 51.0 Å². The van der Waals surface area contributed by atoms with Crippen LogP contribution in [0.5, 0.6) is 0 Å². The first-order chi connectivity index (χ1) is 10.6. The van der Waals surface area contributed by atoms with E-state index in [-0.39, 0.29) is 30.3 Å². The maximum absolute atomic E-state index is 12.2. The Morgan fingerprint density at radius 3 is 2.43 bits per heavy atom. The maximum atomic E-state index is 12.2. The number of hydrogen-bond donors (Lipinski definition) is 3. The van der Waals surface area contributed by atoms with E-state index < -0.39 is 6.04 Å². The van der Waals surface area contributed by atoms with E-state index in [0.29, 0.717) is 24.8 Å². The summed E-state index contributed by atoms with van der Waals surface area (Å²) in [7, 11) is 0. The summed E-state index contributed by atoms with van der Waals surface area (Å²) in [6, 6.07) is -0.287. The Morgan fingerprint density at radius 1 is 1.09 bits per heavy atom.